The van der Waals surface area contributed by atoms with Gasteiger partial charge in [-0.1, -0.05) is 19.1 Å². The molecule has 0 aliphatic carbocycles. The largest absolute Gasteiger partial charge is 0.416 e. The van der Waals surface area contributed by atoms with E-state index in [-0.39, 0.29) is 5.92 Å². The van der Waals surface area contributed by atoms with E-state index in [1.807, 2.05) is 6.92 Å². The molecular formula is C13H16F3NO. The topological polar surface area (TPSA) is 32.3 Å². The third kappa shape index (κ3) is 2.37. The van der Waals surface area contributed by atoms with E-state index < -0.39 is 17.3 Å². The van der Waals surface area contributed by atoms with E-state index in [0.717, 1.165) is 12.1 Å². The van der Waals surface area contributed by atoms with Gasteiger partial charge in [0.1, 0.15) is 0 Å². The number of nitrogens with one attached hydrogen (secondary N) is 1. The van der Waals surface area contributed by atoms with Gasteiger partial charge < -0.3 is 10.4 Å². The van der Waals surface area contributed by atoms with Crippen LogP contribution in [0, 0.1) is 5.92 Å². The lowest BCUT2D eigenvalue weighted by Gasteiger charge is -2.39. The van der Waals surface area contributed by atoms with Crippen molar-refractivity contribution in [3.63, 3.8) is 0 Å². The lowest BCUT2D eigenvalue weighted by molar-refractivity contribution is -0.137. The van der Waals surface area contributed by atoms with Gasteiger partial charge >= 0.3 is 6.18 Å². The highest BCUT2D eigenvalue weighted by molar-refractivity contribution is 5.29. The molecule has 0 aromatic heterocycles. The Morgan fingerprint density at radius 1 is 1.28 bits per heavy atom. The van der Waals surface area contributed by atoms with Crippen molar-refractivity contribution in [2.75, 3.05) is 13.1 Å². The molecular weight excluding hydrogens is 243 g/mol. The lowest BCUT2D eigenvalue weighted by atomic mass is 9.77. The molecule has 2 unspecified atom stereocenters. The predicted molar refractivity (Wildman–Crippen MR) is 62.0 cm³/mol. The molecule has 1 heterocycles. The Bertz CT molecular complexity index is 415. The van der Waals surface area contributed by atoms with Gasteiger partial charge in [-0.2, -0.15) is 13.2 Å². The van der Waals surface area contributed by atoms with Crippen molar-refractivity contribution in [3.05, 3.63) is 35.4 Å². The van der Waals surface area contributed by atoms with E-state index in [0.29, 0.717) is 25.1 Å². The van der Waals surface area contributed by atoms with Crippen molar-refractivity contribution < 1.29 is 18.3 Å². The van der Waals surface area contributed by atoms with Crippen LogP contribution in [0.5, 0.6) is 0 Å². The van der Waals surface area contributed by atoms with Gasteiger partial charge in [0, 0.05) is 12.5 Å². The number of benzene rings is 1. The molecule has 0 bridgehead atoms. The van der Waals surface area contributed by atoms with Crippen molar-refractivity contribution in [1.29, 1.82) is 0 Å². The maximum atomic E-state index is 12.5. The second-order valence-electron chi connectivity index (χ2n) is 4.85. The molecule has 2 nitrogen and oxygen atoms in total. The SMILES string of the molecule is CC1CNCCC1(O)c1ccc(C(F)(F)F)cc1. The van der Waals surface area contributed by atoms with Gasteiger partial charge in [0.15, 0.2) is 0 Å². The summed E-state index contributed by atoms with van der Waals surface area (Å²) in [5, 5.41) is 13.7. The number of hydrogen-bond acceptors (Lipinski definition) is 2. The summed E-state index contributed by atoms with van der Waals surface area (Å²) in [6.07, 6.45) is -3.82. The number of rotatable bonds is 1. The van der Waals surface area contributed by atoms with Gasteiger partial charge in [0.05, 0.1) is 11.2 Å². The second-order valence-corrected chi connectivity index (χ2v) is 4.85. The van der Waals surface area contributed by atoms with Crippen LogP contribution in [0.1, 0.15) is 24.5 Å². The molecule has 0 spiro atoms. The van der Waals surface area contributed by atoms with E-state index in [1.165, 1.54) is 12.1 Å². The van der Waals surface area contributed by atoms with Gasteiger partial charge in [-0.25, -0.2) is 0 Å². The number of alkyl halides is 3. The Hall–Kier alpha value is -1.07. The summed E-state index contributed by atoms with van der Waals surface area (Å²) in [6.45, 7) is 3.23. The first-order chi connectivity index (χ1) is 8.34. The third-order valence-corrected chi connectivity index (χ3v) is 3.66. The first-order valence-corrected chi connectivity index (χ1v) is 5.95. The van der Waals surface area contributed by atoms with Crippen LogP contribution in [-0.2, 0) is 11.8 Å². The van der Waals surface area contributed by atoms with Crippen molar-refractivity contribution in [2.24, 2.45) is 5.92 Å². The maximum Gasteiger partial charge on any atom is 0.416 e. The lowest BCUT2D eigenvalue weighted by Crippen LogP contribution is -2.46. The van der Waals surface area contributed by atoms with E-state index >= 15 is 0 Å². The van der Waals surface area contributed by atoms with Gasteiger partial charge in [-0.3, -0.25) is 0 Å². The molecule has 0 saturated carbocycles. The molecule has 1 aromatic carbocycles. The number of piperidine rings is 1. The monoisotopic (exact) mass is 259 g/mol. The molecule has 1 fully saturated rings. The maximum absolute atomic E-state index is 12.5. The van der Waals surface area contributed by atoms with Crippen LogP contribution in [-0.4, -0.2) is 18.2 Å². The molecule has 2 rings (SSSR count). The smallest absolute Gasteiger partial charge is 0.385 e. The first kappa shape index (κ1) is 13.4. The van der Waals surface area contributed by atoms with Gasteiger partial charge in [-0.05, 0) is 30.7 Å². The van der Waals surface area contributed by atoms with E-state index in [4.69, 9.17) is 0 Å². The number of aliphatic hydroxyl groups is 1. The fourth-order valence-corrected chi connectivity index (χ4v) is 2.39. The van der Waals surface area contributed by atoms with Crippen LogP contribution in [0.2, 0.25) is 0 Å². The zero-order valence-electron chi connectivity index (χ0n) is 10.1. The fourth-order valence-electron chi connectivity index (χ4n) is 2.39. The quantitative estimate of drug-likeness (QED) is 0.812. The zero-order chi connectivity index (χ0) is 13.4. The Labute approximate surface area is 104 Å². The predicted octanol–water partition coefficient (Wildman–Crippen LogP) is 2.52. The van der Waals surface area contributed by atoms with Crippen LogP contribution >= 0.6 is 0 Å². The van der Waals surface area contributed by atoms with Crippen molar-refractivity contribution >= 4 is 0 Å². The normalized spacial score (nSPS) is 29.3. The summed E-state index contributed by atoms with van der Waals surface area (Å²) < 4.78 is 37.4. The highest BCUT2D eigenvalue weighted by Gasteiger charge is 2.38. The summed E-state index contributed by atoms with van der Waals surface area (Å²) in [4.78, 5) is 0. The highest BCUT2D eigenvalue weighted by atomic mass is 19.4. The molecule has 0 radical (unpaired) electrons. The van der Waals surface area contributed by atoms with Crippen LogP contribution in [0.3, 0.4) is 0 Å². The Balaban J connectivity index is 2.28. The molecule has 1 aliphatic rings. The summed E-state index contributed by atoms with van der Waals surface area (Å²) in [7, 11) is 0. The number of hydrogen-bond donors (Lipinski definition) is 2. The minimum atomic E-state index is -4.33. The van der Waals surface area contributed by atoms with Crippen molar-refractivity contribution in [1.82, 2.24) is 5.32 Å². The summed E-state index contributed by atoms with van der Waals surface area (Å²) in [5.74, 6) is -0.0250. The molecule has 100 valence electrons. The Kier molecular flexibility index (Phi) is 3.38. The summed E-state index contributed by atoms with van der Waals surface area (Å²) >= 11 is 0. The molecule has 0 amide bonds. The zero-order valence-corrected chi connectivity index (χ0v) is 10.1. The average Bonchev–Trinajstić information content (AvgIpc) is 2.32. The third-order valence-electron chi connectivity index (χ3n) is 3.66. The molecule has 2 atom stereocenters. The van der Waals surface area contributed by atoms with Crippen LogP contribution < -0.4 is 5.32 Å². The van der Waals surface area contributed by atoms with E-state index in [2.05, 4.69) is 5.32 Å². The second kappa shape index (κ2) is 4.55. The Morgan fingerprint density at radius 2 is 1.89 bits per heavy atom. The minimum absolute atomic E-state index is 0.0250. The highest BCUT2D eigenvalue weighted by Crippen LogP contribution is 2.36. The average molecular weight is 259 g/mol. The summed E-state index contributed by atoms with van der Waals surface area (Å²) in [6, 6.07) is 4.82. The standard InChI is InChI=1S/C13H16F3NO/c1-9-8-17-7-6-12(9,18)10-2-4-11(5-3-10)13(14,15)16/h2-5,9,17-18H,6-8H2,1H3. The van der Waals surface area contributed by atoms with Crippen LogP contribution in [0.25, 0.3) is 0 Å². The van der Waals surface area contributed by atoms with Gasteiger partial charge in [0.25, 0.3) is 0 Å². The van der Waals surface area contributed by atoms with Crippen molar-refractivity contribution in [3.8, 4) is 0 Å². The van der Waals surface area contributed by atoms with E-state index in [9.17, 15) is 18.3 Å². The molecule has 18 heavy (non-hydrogen) atoms. The van der Waals surface area contributed by atoms with Crippen LogP contribution in [0.15, 0.2) is 24.3 Å². The molecule has 1 saturated heterocycles. The summed E-state index contributed by atoms with van der Waals surface area (Å²) in [5.41, 5.74) is -1.16. The number of halogens is 3. The van der Waals surface area contributed by atoms with Gasteiger partial charge in [0.2, 0.25) is 0 Å². The molecule has 1 aliphatic heterocycles. The first-order valence-electron chi connectivity index (χ1n) is 5.95. The minimum Gasteiger partial charge on any atom is -0.385 e. The van der Waals surface area contributed by atoms with Crippen LogP contribution in [0.4, 0.5) is 13.2 Å². The fraction of sp³-hybridized carbons (Fsp3) is 0.538. The van der Waals surface area contributed by atoms with Crippen molar-refractivity contribution in [2.45, 2.75) is 25.1 Å². The van der Waals surface area contributed by atoms with E-state index in [1.54, 1.807) is 0 Å². The molecule has 5 heteroatoms. The Morgan fingerprint density at radius 3 is 2.39 bits per heavy atom. The van der Waals surface area contributed by atoms with Gasteiger partial charge in [-0.15, -0.1) is 0 Å². The molecule has 1 aromatic rings. The molecule has 2 N–H and O–H groups in total.